The number of ketones is 1. The Labute approximate surface area is 132 Å². The second-order valence-corrected chi connectivity index (χ2v) is 5.44. The maximum Gasteiger partial charge on any atom is 0.161 e. The van der Waals surface area contributed by atoms with Gasteiger partial charge < -0.3 is 4.74 Å². The van der Waals surface area contributed by atoms with Crippen molar-refractivity contribution in [1.82, 2.24) is 0 Å². The van der Waals surface area contributed by atoms with E-state index in [1.54, 1.807) is 30.3 Å². The van der Waals surface area contributed by atoms with Gasteiger partial charge in [0.25, 0.3) is 0 Å². The van der Waals surface area contributed by atoms with E-state index in [4.69, 9.17) is 39.5 Å². The van der Waals surface area contributed by atoms with Crippen LogP contribution in [0, 0.1) is 0 Å². The highest BCUT2D eigenvalue weighted by Gasteiger charge is 2.12. The fraction of sp³-hybridized carbons (Fsp3) is 0.133. The summed E-state index contributed by atoms with van der Waals surface area (Å²) in [4.78, 5) is 11.4. The van der Waals surface area contributed by atoms with Crippen molar-refractivity contribution in [1.29, 1.82) is 0 Å². The molecule has 0 fully saturated rings. The molecule has 0 aliphatic carbocycles. The molecule has 0 N–H and O–H groups in total. The number of methoxy groups -OCH3 is 1. The molecule has 5 heteroatoms. The van der Waals surface area contributed by atoms with Crippen molar-refractivity contribution < 1.29 is 9.53 Å². The standard InChI is InChI=1S/C15H11Cl3O2/c1-8(19)10-4-3-9(5-12(10)16)11-6-14(18)15(20-2)7-13(11)17/h3-7H,1-2H3. The lowest BCUT2D eigenvalue weighted by atomic mass is 10.0. The van der Waals surface area contributed by atoms with Crippen LogP contribution in [0.3, 0.4) is 0 Å². The molecule has 20 heavy (non-hydrogen) atoms. The number of halogens is 3. The summed E-state index contributed by atoms with van der Waals surface area (Å²) < 4.78 is 5.10. The molecule has 0 saturated heterocycles. The van der Waals surface area contributed by atoms with Gasteiger partial charge in [-0.3, -0.25) is 4.79 Å². The number of benzene rings is 2. The number of hydrogen-bond acceptors (Lipinski definition) is 2. The lowest BCUT2D eigenvalue weighted by Crippen LogP contribution is -1.94. The van der Waals surface area contributed by atoms with Gasteiger partial charge in [-0.1, -0.05) is 40.9 Å². The molecule has 0 aliphatic heterocycles. The molecule has 0 saturated carbocycles. The minimum absolute atomic E-state index is 0.0830. The van der Waals surface area contributed by atoms with E-state index in [9.17, 15) is 4.79 Å². The third-order valence-corrected chi connectivity index (χ3v) is 3.82. The van der Waals surface area contributed by atoms with Crippen molar-refractivity contribution in [2.45, 2.75) is 6.92 Å². The zero-order chi connectivity index (χ0) is 14.9. The van der Waals surface area contributed by atoms with Gasteiger partial charge in [-0.15, -0.1) is 0 Å². The number of carbonyl (C=O) groups excluding carboxylic acids is 1. The third-order valence-electron chi connectivity index (χ3n) is 2.90. The first-order valence-corrected chi connectivity index (χ1v) is 6.91. The molecule has 0 aromatic heterocycles. The van der Waals surface area contributed by atoms with Crippen molar-refractivity contribution in [2.75, 3.05) is 7.11 Å². The predicted octanol–water partition coefficient (Wildman–Crippen LogP) is 5.53. The fourth-order valence-electron chi connectivity index (χ4n) is 1.87. The van der Waals surface area contributed by atoms with E-state index in [-0.39, 0.29) is 5.78 Å². The Morgan fingerprint density at radius 3 is 2.25 bits per heavy atom. The van der Waals surface area contributed by atoms with Crippen molar-refractivity contribution in [2.24, 2.45) is 0 Å². The van der Waals surface area contributed by atoms with E-state index in [2.05, 4.69) is 0 Å². The first-order chi connectivity index (χ1) is 9.43. The lowest BCUT2D eigenvalue weighted by molar-refractivity contribution is 0.101. The molecule has 0 atom stereocenters. The van der Waals surface area contributed by atoms with Crippen molar-refractivity contribution in [3.05, 3.63) is 51.0 Å². The summed E-state index contributed by atoms with van der Waals surface area (Å²) in [7, 11) is 1.52. The molecule has 2 rings (SSSR count). The number of rotatable bonds is 3. The van der Waals surface area contributed by atoms with Crippen LogP contribution < -0.4 is 4.74 Å². The smallest absolute Gasteiger partial charge is 0.161 e. The van der Waals surface area contributed by atoms with Gasteiger partial charge in [0, 0.05) is 17.2 Å². The van der Waals surface area contributed by atoms with E-state index >= 15 is 0 Å². The molecule has 0 heterocycles. The van der Waals surface area contributed by atoms with Crippen molar-refractivity contribution >= 4 is 40.6 Å². The van der Waals surface area contributed by atoms with Gasteiger partial charge in [-0.2, -0.15) is 0 Å². The van der Waals surface area contributed by atoms with Gasteiger partial charge in [0.15, 0.2) is 5.78 Å². The largest absolute Gasteiger partial charge is 0.495 e. The molecule has 2 nitrogen and oxygen atoms in total. The first kappa shape index (κ1) is 15.2. The number of hydrogen-bond donors (Lipinski definition) is 0. The monoisotopic (exact) mass is 328 g/mol. The molecular formula is C15H11Cl3O2. The molecular weight excluding hydrogens is 319 g/mol. The minimum Gasteiger partial charge on any atom is -0.495 e. The summed E-state index contributed by atoms with van der Waals surface area (Å²) in [6.45, 7) is 1.47. The summed E-state index contributed by atoms with van der Waals surface area (Å²) in [6, 6.07) is 8.51. The molecule has 104 valence electrons. The van der Waals surface area contributed by atoms with Crippen LogP contribution in [0.25, 0.3) is 11.1 Å². The molecule has 0 amide bonds. The highest BCUT2D eigenvalue weighted by atomic mass is 35.5. The first-order valence-electron chi connectivity index (χ1n) is 5.78. The van der Waals surface area contributed by atoms with Crippen molar-refractivity contribution in [3.8, 4) is 16.9 Å². The second kappa shape index (κ2) is 6.04. The Morgan fingerprint density at radius 1 is 1.00 bits per heavy atom. The Bertz CT molecular complexity index is 681. The van der Waals surface area contributed by atoms with Crippen LogP contribution in [-0.4, -0.2) is 12.9 Å². The number of carbonyl (C=O) groups is 1. The van der Waals surface area contributed by atoms with Crippen LogP contribution in [0.15, 0.2) is 30.3 Å². The van der Waals surface area contributed by atoms with Gasteiger partial charge in [-0.05, 0) is 30.7 Å². The highest BCUT2D eigenvalue weighted by Crippen LogP contribution is 2.37. The van der Waals surface area contributed by atoms with Gasteiger partial charge >= 0.3 is 0 Å². The van der Waals surface area contributed by atoms with E-state index in [1.807, 2.05) is 0 Å². The second-order valence-electron chi connectivity index (χ2n) is 4.22. The number of ether oxygens (including phenoxy) is 1. The van der Waals surface area contributed by atoms with E-state index < -0.39 is 0 Å². The maximum absolute atomic E-state index is 11.4. The summed E-state index contributed by atoms with van der Waals surface area (Å²) in [5.74, 6) is 0.423. The van der Waals surface area contributed by atoms with Crippen LogP contribution in [0.5, 0.6) is 5.75 Å². The zero-order valence-corrected chi connectivity index (χ0v) is 13.1. The summed E-state index contributed by atoms with van der Waals surface area (Å²) in [5, 5.41) is 1.34. The fourth-order valence-corrected chi connectivity index (χ4v) is 2.69. The normalized spacial score (nSPS) is 10.4. The quantitative estimate of drug-likeness (QED) is 0.692. The zero-order valence-electron chi connectivity index (χ0n) is 10.8. The SMILES string of the molecule is COc1cc(Cl)c(-c2ccc(C(C)=O)c(Cl)c2)cc1Cl. The molecule has 0 bridgehead atoms. The molecule has 0 radical (unpaired) electrons. The lowest BCUT2D eigenvalue weighted by Gasteiger charge is -2.10. The van der Waals surface area contributed by atoms with Gasteiger partial charge in [0.2, 0.25) is 0 Å². The van der Waals surface area contributed by atoms with E-state index in [0.29, 0.717) is 26.4 Å². The maximum atomic E-state index is 11.4. The topological polar surface area (TPSA) is 26.3 Å². The van der Waals surface area contributed by atoms with Crippen LogP contribution in [-0.2, 0) is 0 Å². The average molecular weight is 330 g/mol. The Morgan fingerprint density at radius 2 is 1.70 bits per heavy atom. The van der Waals surface area contributed by atoms with E-state index in [0.717, 1.165) is 11.1 Å². The van der Waals surface area contributed by atoms with Crippen LogP contribution in [0.1, 0.15) is 17.3 Å². The van der Waals surface area contributed by atoms with Crippen molar-refractivity contribution in [3.63, 3.8) is 0 Å². The Kier molecular flexibility index (Phi) is 4.59. The van der Waals surface area contributed by atoms with Crippen LogP contribution in [0.4, 0.5) is 0 Å². The molecule has 0 aliphatic rings. The van der Waals surface area contributed by atoms with Crippen LogP contribution in [0.2, 0.25) is 15.1 Å². The third kappa shape index (κ3) is 2.93. The average Bonchev–Trinajstić information content (AvgIpc) is 2.40. The van der Waals surface area contributed by atoms with Gasteiger partial charge in [0.05, 0.1) is 22.2 Å². The number of Topliss-reactive ketones (excluding diaryl/α,β-unsaturated/α-hetero) is 1. The summed E-state index contributed by atoms with van der Waals surface area (Å²) in [6.07, 6.45) is 0. The Balaban J connectivity index is 2.55. The predicted molar refractivity (Wildman–Crippen MR) is 83.5 cm³/mol. The summed E-state index contributed by atoms with van der Waals surface area (Å²) in [5.41, 5.74) is 2.00. The Hall–Kier alpha value is -1.22. The molecule has 0 unspecified atom stereocenters. The molecule has 0 spiro atoms. The molecule has 2 aromatic carbocycles. The van der Waals surface area contributed by atoms with Gasteiger partial charge in [0.1, 0.15) is 5.75 Å². The van der Waals surface area contributed by atoms with E-state index in [1.165, 1.54) is 14.0 Å². The molecule has 2 aromatic rings. The highest BCUT2D eigenvalue weighted by molar-refractivity contribution is 6.37. The van der Waals surface area contributed by atoms with Gasteiger partial charge in [-0.25, -0.2) is 0 Å². The minimum atomic E-state index is -0.0830. The summed E-state index contributed by atoms with van der Waals surface area (Å²) >= 11 is 18.4. The van der Waals surface area contributed by atoms with Crippen LogP contribution >= 0.6 is 34.8 Å².